The van der Waals surface area contributed by atoms with E-state index >= 15 is 0 Å². The molecule has 1 saturated heterocycles. The number of fused-ring (bicyclic) bond motifs is 1. The third kappa shape index (κ3) is 4.06. The van der Waals surface area contributed by atoms with E-state index in [1.165, 1.54) is 11.3 Å². The summed E-state index contributed by atoms with van der Waals surface area (Å²) in [6.07, 6.45) is 3.67. The van der Waals surface area contributed by atoms with E-state index in [4.69, 9.17) is 4.42 Å². The quantitative estimate of drug-likeness (QED) is 0.504. The zero-order valence-corrected chi connectivity index (χ0v) is 18.0. The summed E-state index contributed by atoms with van der Waals surface area (Å²) in [5.74, 6) is 0.403. The van der Waals surface area contributed by atoms with Gasteiger partial charge in [0.1, 0.15) is 11.3 Å². The molecule has 0 unspecified atom stereocenters. The third-order valence-corrected chi connectivity index (χ3v) is 6.25. The molecule has 1 aliphatic rings. The molecule has 8 nitrogen and oxygen atoms in total. The summed E-state index contributed by atoms with van der Waals surface area (Å²) in [5, 5.41) is 5.57. The number of rotatable bonds is 5. The number of benzene rings is 1. The number of nitrogens with zero attached hydrogens (tertiary/aromatic N) is 4. The highest BCUT2D eigenvalue weighted by Crippen LogP contribution is 2.32. The second-order valence-electron chi connectivity index (χ2n) is 7.43. The Hall–Kier alpha value is -3.72. The van der Waals surface area contributed by atoms with Crippen LogP contribution in [0.25, 0.3) is 11.0 Å². The van der Waals surface area contributed by atoms with Crippen LogP contribution in [0.2, 0.25) is 0 Å². The fraction of sp³-hybridized carbons (Fsp3) is 0.217. The first-order valence-corrected chi connectivity index (χ1v) is 11.2. The van der Waals surface area contributed by atoms with Gasteiger partial charge in [0.2, 0.25) is 17.6 Å². The lowest BCUT2D eigenvalue weighted by atomic mass is 10.2. The Balaban J connectivity index is 1.36. The maximum atomic E-state index is 13.4. The average Bonchev–Trinajstić information content (AvgIpc) is 3.47. The minimum absolute atomic E-state index is 0.162. The Morgan fingerprint density at radius 3 is 2.53 bits per heavy atom. The lowest BCUT2D eigenvalue weighted by Gasteiger charge is -2.34. The minimum Gasteiger partial charge on any atom is -0.449 e. The van der Waals surface area contributed by atoms with Gasteiger partial charge in [-0.3, -0.25) is 9.59 Å². The number of hydrogen-bond donors (Lipinski definition) is 1. The van der Waals surface area contributed by atoms with E-state index in [9.17, 15) is 9.59 Å². The van der Waals surface area contributed by atoms with Crippen LogP contribution in [-0.2, 0) is 11.2 Å². The number of carbonyl (C=O) groups is 2. The number of nitrogens with one attached hydrogen (secondary N) is 1. The van der Waals surface area contributed by atoms with E-state index in [0.29, 0.717) is 48.8 Å². The summed E-state index contributed by atoms with van der Waals surface area (Å²) in [5.41, 5.74) is 1.000. The van der Waals surface area contributed by atoms with Gasteiger partial charge < -0.3 is 19.5 Å². The molecule has 1 N–H and O–H groups in total. The second-order valence-corrected chi connectivity index (χ2v) is 8.47. The molecule has 162 valence electrons. The third-order valence-electron chi connectivity index (χ3n) is 5.37. The van der Waals surface area contributed by atoms with Gasteiger partial charge in [-0.2, -0.15) is 0 Å². The minimum atomic E-state index is -0.235. The fourth-order valence-electron chi connectivity index (χ4n) is 3.78. The van der Waals surface area contributed by atoms with Crippen molar-refractivity contribution in [2.75, 3.05) is 36.4 Å². The largest absolute Gasteiger partial charge is 0.449 e. The normalized spacial score (nSPS) is 14.0. The van der Waals surface area contributed by atoms with Crippen molar-refractivity contribution in [3.8, 4) is 0 Å². The Labute approximate surface area is 188 Å². The number of amides is 2. The molecule has 0 atom stereocenters. The summed E-state index contributed by atoms with van der Waals surface area (Å²) in [6, 6.07) is 13.0. The number of hydrogen-bond acceptors (Lipinski definition) is 7. The van der Waals surface area contributed by atoms with E-state index in [1.54, 1.807) is 29.4 Å². The van der Waals surface area contributed by atoms with Crippen LogP contribution >= 0.6 is 11.3 Å². The van der Waals surface area contributed by atoms with Crippen molar-refractivity contribution in [1.29, 1.82) is 0 Å². The van der Waals surface area contributed by atoms with Crippen molar-refractivity contribution in [2.24, 2.45) is 0 Å². The number of anilines is 2. The van der Waals surface area contributed by atoms with E-state index in [2.05, 4.69) is 15.3 Å². The molecular formula is C23H21N5O3S. The summed E-state index contributed by atoms with van der Waals surface area (Å²) < 4.78 is 5.92. The molecule has 2 amide bonds. The van der Waals surface area contributed by atoms with Gasteiger partial charge in [-0.1, -0.05) is 18.2 Å². The summed E-state index contributed by atoms with van der Waals surface area (Å²) in [7, 11) is 0. The summed E-state index contributed by atoms with van der Waals surface area (Å²) >= 11 is 1.52. The van der Waals surface area contributed by atoms with Crippen molar-refractivity contribution < 1.29 is 14.0 Å². The predicted molar refractivity (Wildman–Crippen MR) is 123 cm³/mol. The zero-order chi connectivity index (χ0) is 21.9. The molecule has 1 aliphatic heterocycles. The highest BCUT2D eigenvalue weighted by atomic mass is 32.1. The SMILES string of the molecule is O=C(Cc1cccs1)Nc1c(C(=O)N2CCN(c3ncccn3)CC2)oc2ccccc12. The molecule has 9 heteroatoms. The molecule has 1 aromatic carbocycles. The monoisotopic (exact) mass is 447 g/mol. The van der Waals surface area contributed by atoms with Gasteiger partial charge in [-0.25, -0.2) is 9.97 Å². The van der Waals surface area contributed by atoms with Crippen LogP contribution in [0.4, 0.5) is 11.6 Å². The van der Waals surface area contributed by atoms with E-state index < -0.39 is 0 Å². The molecule has 0 spiro atoms. The number of furan rings is 1. The molecule has 5 rings (SSSR count). The molecule has 0 saturated carbocycles. The van der Waals surface area contributed by atoms with Crippen LogP contribution in [0.3, 0.4) is 0 Å². The molecule has 4 heterocycles. The number of para-hydroxylation sites is 1. The van der Waals surface area contributed by atoms with Gasteiger partial charge in [0.15, 0.2) is 0 Å². The summed E-state index contributed by atoms with van der Waals surface area (Å²) in [4.78, 5) is 39.4. The second kappa shape index (κ2) is 8.80. The number of carbonyl (C=O) groups excluding carboxylic acids is 2. The molecule has 0 radical (unpaired) electrons. The zero-order valence-electron chi connectivity index (χ0n) is 17.2. The lowest BCUT2D eigenvalue weighted by molar-refractivity contribution is -0.115. The number of thiophene rings is 1. The topological polar surface area (TPSA) is 91.6 Å². The maximum absolute atomic E-state index is 13.4. The first kappa shape index (κ1) is 20.2. The van der Waals surface area contributed by atoms with Crippen molar-refractivity contribution >= 4 is 45.8 Å². The van der Waals surface area contributed by atoms with Gasteiger partial charge in [-0.15, -0.1) is 11.3 Å². The molecule has 4 aromatic rings. The molecule has 0 aliphatic carbocycles. The first-order chi connectivity index (χ1) is 15.7. The van der Waals surface area contributed by atoms with Crippen molar-refractivity contribution in [3.05, 3.63) is 70.9 Å². The Morgan fingerprint density at radius 2 is 1.78 bits per heavy atom. The Morgan fingerprint density at radius 1 is 1.00 bits per heavy atom. The van der Waals surface area contributed by atoms with Gasteiger partial charge in [0, 0.05) is 48.8 Å². The molecule has 32 heavy (non-hydrogen) atoms. The van der Waals surface area contributed by atoms with Gasteiger partial charge in [0.25, 0.3) is 5.91 Å². The van der Waals surface area contributed by atoms with Crippen LogP contribution in [0.5, 0.6) is 0 Å². The average molecular weight is 448 g/mol. The molecule has 1 fully saturated rings. The molecule has 3 aromatic heterocycles. The van der Waals surface area contributed by atoms with Gasteiger partial charge in [-0.05, 0) is 29.6 Å². The predicted octanol–water partition coefficient (Wildman–Crippen LogP) is 3.43. The standard InChI is InChI=1S/C23H21N5O3S/c29-19(15-16-5-3-14-32-16)26-20-17-6-1-2-7-18(17)31-21(20)22(30)27-10-12-28(13-11-27)23-24-8-4-9-25-23/h1-9,14H,10-13,15H2,(H,26,29). The van der Waals surface area contributed by atoms with Crippen LogP contribution in [0, 0.1) is 0 Å². The number of piperazine rings is 1. The fourth-order valence-corrected chi connectivity index (χ4v) is 4.49. The first-order valence-electron chi connectivity index (χ1n) is 10.3. The summed E-state index contributed by atoms with van der Waals surface area (Å²) in [6.45, 7) is 2.26. The van der Waals surface area contributed by atoms with Gasteiger partial charge in [0.05, 0.1) is 6.42 Å². The van der Waals surface area contributed by atoms with Crippen LogP contribution < -0.4 is 10.2 Å². The van der Waals surface area contributed by atoms with Crippen molar-refractivity contribution in [1.82, 2.24) is 14.9 Å². The van der Waals surface area contributed by atoms with E-state index in [1.807, 2.05) is 40.6 Å². The van der Waals surface area contributed by atoms with Crippen LogP contribution in [0.1, 0.15) is 15.4 Å². The van der Waals surface area contributed by atoms with Gasteiger partial charge >= 0.3 is 0 Å². The highest BCUT2D eigenvalue weighted by Gasteiger charge is 2.29. The Kier molecular flexibility index (Phi) is 5.55. The van der Waals surface area contributed by atoms with Crippen LogP contribution in [-0.4, -0.2) is 52.9 Å². The number of aromatic nitrogens is 2. The van der Waals surface area contributed by atoms with Crippen molar-refractivity contribution in [3.63, 3.8) is 0 Å². The van der Waals surface area contributed by atoms with E-state index in [0.717, 1.165) is 4.88 Å². The molecular weight excluding hydrogens is 426 g/mol. The molecule has 0 bridgehead atoms. The Bertz CT molecular complexity index is 1230. The highest BCUT2D eigenvalue weighted by molar-refractivity contribution is 7.10. The lowest BCUT2D eigenvalue weighted by Crippen LogP contribution is -2.49. The van der Waals surface area contributed by atoms with E-state index in [-0.39, 0.29) is 24.0 Å². The van der Waals surface area contributed by atoms with Crippen LogP contribution in [0.15, 0.2) is 64.7 Å². The van der Waals surface area contributed by atoms with Crippen molar-refractivity contribution in [2.45, 2.75) is 6.42 Å². The maximum Gasteiger partial charge on any atom is 0.291 e. The smallest absolute Gasteiger partial charge is 0.291 e.